The molecule has 2 aromatic rings. The zero-order valence-electron chi connectivity index (χ0n) is 18.0. The Morgan fingerprint density at radius 1 is 1.32 bits per heavy atom. The van der Waals surface area contributed by atoms with E-state index in [4.69, 9.17) is 10.3 Å². The van der Waals surface area contributed by atoms with Gasteiger partial charge in [-0.1, -0.05) is 11.2 Å². The molecule has 31 heavy (non-hydrogen) atoms. The fraction of sp³-hybridized carbons (Fsp3) is 0.455. The summed E-state index contributed by atoms with van der Waals surface area (Å²) in [6.07, 6.45) is 9.59. The molecule has 168 valence electrons. The number of hydrogen-bond donors (Lipinski definition) is 4. The standard InChI is InChI=1S/C22H30IN5O3/c1-14(26-31)5-4-6-18(23)22(30)24-20-11-15-13-28(16-7-9-17(29)10-8-16)25-19(15)12-21(20)27(2)3/h4-6,11-13,16-17,22,24,29-31H,7-10H2,1-3H3/b5-4-,18-6-,26-14+. The van der Waals surface area contributed by atoms with Gasteiger partial charge in [0.05, 0.1) is 34.7 Å². The first-order chi connectivity index (χ1) is 14.8. The van der Waals surface area contributed by atoms with Gasteiger partial charge in [0.15, 0.2) is 6.23 Å². The molecule has 3 rings (SSSR count). The highest BCUT2D eigenvalue weighted by atomic mass is 127. The smallest absolute Gasteiger partial charge is 0.156 e. The lowest BCUT2D eigenvalue weighted by Gasteiger charge is -2.25. The van der Waals surface area contributed by atoms with Crippen LogP contribution in [-0.4, -0.2) is 57.3 Å². The fourth-order valence-corrected chi connectivity index (χ4v) is 4.06. The third-order valence-corrected chi connectivity index (χ3v) is 6.42. The summed E-state index contributed by atoms with van der Waals surface area (Å²) in [5, 5.41) is 41.2. The second-order valence-electron chi connectivity index (χ2n) is 8.09. The minimum atomic E-state index is -0.886. The van der Waals surface area contributed by atoms with Crippen LogP contribution in [0.3, 0.4) is 0 Å². The van der Waals surface area contributed by atoms with E-state index in [0.717, 1.165) is 48.0 Å². The van der Waals surface area contributed by atoms with Crippen LogP contribution in [0.2, 0.25) is 0 Å². The first kappa shape index (κ1) is 23.6. The van der Waals surface area contributed by atoms with Crippen molar-refractivity contribution in [2.24, 2.45) is 5.16 Å². The second-order valence-corrected chi connectivity index (χ2v) is 9.34. The highest BCUT2D eigenvalue weighted by Gasteiger charge is 2.22. The Kier molecular flexibility index (Phi) is 7.95. The van der Waals surface area contributed by atoms with Crippen LogP contribution in [0.15, 0.2) is 45.3 Å². The van der Waals surface area contributed by atoms with Crippen LogP contribution in [0.1, 0.15) is 38.6 Å². The molecule has 1 fully saturated rings. The lowest BCUT2D eigenvalue weighted by Crippen LogP contribution is -2.21. The monoisotopic (exact) mass is 539 g/mol. The molecule has 0 amide bonds. The lowest BCUT2D eigenvalue weighted by molar-refractivity contribution is 0.108. The maximum absolute atomic E-state index is 10.6. The van der Waals surface area contributed by atoms with Crippen LogP contribution in [0.25, 0.3) is 10.9 Å². The van der Waals surface area contributed by atoms with Gasteiger partial charge in [-0.25, -0.2) is 0 Å². The number of aliphatic hydroxyl groups is 2. The van der Waals surface area contributed by atoms with Crippen LogP contribution in [0.5, 0.6) is 0 Å². The molecule has 1 aromatic carbocycles. The number of oxime groups is 1. The van der Waals surface area contributed by atoms with Gasteiger partial charge in [-0.3, -0.25) is 4.68 Å². The molecular weight excluding hydrogens is 509 g/mol. The van der Waals surface area contributed by atoms with Crippen molar-refractivity contribution < 1.29 is 15.4 Å². The van der Waals surface area contributed by atoms with Crippen molar-refractivity contribution >= 4 is 50.6 Å². The van der Waals surface area contributed by atoms with E-state index in [1.807, 2.05) is 35.8 Å². The topological polar surface area (TPSA) is 106 Å². The van der Waals surface area contributed by atoms with Gasteiger partial charge >= 0.3 is 0 Å². The van der Waals surface area contributed by atoms with Crippen molar-refractivity contribution in [2.75, 3.05) is 24.3 Å². The van der Waals surface area contributed by atoms with E-state index in [0.29, 0.717) is 15.3 Å². The number of aromatic nitrogens is 2. The Balaban J connectivity index is 1.84. The fourth-order valence-electron chi connectivity index (χ4n) is 3.70. The van der Waals surface area contributed by atoms with E-state index in [1.54, 1.807) is 25.2 Å². The highest BCUT2D eigenvalue weighted by molar-refractivity contribution is 14.1. The Morgan fingerprint density at radius 2 is 2.03 bits per heavy atom. The van der Waals surface area contributed by atoms with Crippen molar-refractivity contribution in [1.82, 2.24) is 9.78 Å². The van der Waals surface area contributed by atoms with Gasteiger partial charge in [0.1, 0.15) is 0 Å². The number of hydrogen-bond acceptors (Lipinski definition) is 7. The number of benzene rings is 1. The zero-order chi connectivity index (χ0) is 22.5. The molecular formula is C22H30IN5O3. The number of rotatable bonds is 7. The Bertz CT molecular complexity index is 990. The van der Waals surface area contributed by atoms with Gasteiger partial charge in [-0.2, -0.15) is 5.10 Å². The number of fused-ring (bicyclic) bond motifs is 1. The van der Waals surface area contributed by atoms with Crippen LogP contribution in [0, 0.1) is 0 Å². The summed E-state index contributed by atoms with van der Waals surface area (Å²) in [7, 11) is 3.91. The summed E-state index contributed by atoms with van der Waals surface area (Å²) in [6.45, 7) is 1.68. The molecule has 8 nitrogen and oxygen atoms in total. The number of nitrogens with zero attached hydrogens (tertiary/aromatic N) is 4. The maximum Gasteiger partial charge on any atom is 0.156 e. The minimum Gasteiger partial charge on any atom is -0.411 e. The van der Waals surface area contributed by atoms with Gasteiger partial charge in [-0.05, 0) is 79.5 Å². The Labute approximate surface area is 196 Å². The van der Waals surface area contributed by atoms with Crippen molar-refractivity contribution in [2.45, 2.75) is 51.0 Å². The predicted octanol–water partition coefficient (Wildman–Crippen LogP) is 4.03. The number of aliphatic hydroxyl groups excluding tert-OH is 2. The Hall–Kier alpha value is -2.11. The van der Waals surface area contributed by atoms with E-state index in [9.17, 15) is 10.2 Å². The molecule has 9 heteroatoms. The molecule has 1 saturated carbocycles. The van der Waals surface area contributed by atoms with Crippen LogP contribution in [-0.2, 0) is 0 Å². The number of halogens is 1. The predicted molar refractivity (Wildman–Crippen MR) is 133 cm³/mol. The number of anilines is 2. The van der Waals surface area contributed by atoms with E-state index < -0.39 is 6.23 Å². The normalized spacial score (nSPS) is 21.6. The first-order valence-electron chi connectivity index (χ1n) is 10.3. The quantitative estimate of drug-likeness (QED) is 0.106. The summed E-state index contributed by atoms with van der Waals surface area (Å²) in [5.74, 6) is 0. The van der Waals surface area contributed by atoms with Gasteiger partial charge in [0.25, 0.3) is 0 Å². The van der Waals surface area contributed by atoms with Gasteiger partial charge < -0.3 is 25.6 Å². The third kappa shape index (κ3) is 5.98. The van der Waals surface area contributed by atoms with E-state index in [-0.39, 0.29) is 6.10 Å². The molecule has 1 atom stereocenters. The molecule has 0 spiro atoms. The zero-order valence-corrected chi connectivity index (χ0v) is 20.2. The van der Waals surface area contributed by atoms with Crippen molar-refractivity contribution in [3.8, 4) is 0 Å². The van der Waals surface area contributed by atoms with Gasteiger partial charge in [-0.15, -0.1) is 0 Å². The van der Waals surface area contributed by atoms with Crippen molar-refractivity contribution in [3.63, 3.8) is 0 Å². The second kappa shape index (κ2) is 10.5. The van der Waals surface area contributed by atoms with Crippen LogP contribution < -0.4 is 10.2 Å². The molecule has 0 saturated heterocycles. The SMILES string of the molecule is CC(/C=C\C=C(/I)C(O)Nc1cc2cn(C3CCC(O)CC3)nc2cc1N(C)C)=N\O. The van der Waals surface area contributed by atoms with Gasteiger partial charge in [0, 0.05) is 29.3 Å². The van der Waals surface area contributed by atoms with Crippen molar-refractivity contribution in [1.29, 1.82) is 0 Å². The van der Waals surface area contributed by atoms with Gasteiger partial charge in [0.2, 0.25) is 0 Å². The Morgan fingerprint density at radius 3 is 2.68 bits per heavy atom. The van der Waals surface area contributed by atoms with E-state index in [1.165, 1.54) is 0 Å². The molecule has 1 heterocycles. The average Bonchev–Trinajstić information content (AvgIpc) is 3.16. The molecule has 0 aliphatic heterocycles. The molecule has 1 aliphatic carbocycles. The lowest BCUT2D eigenvalue weighted by atomic mass is 9.93. The molecule has 1 aromatic heterocycles. The third-order valence-electron chi connectivity index (χ3n) is 5.47. The minimum absolute atomic E-state index is 0.191. The molecule has 0 bridgehead atoms. The summed E-state index contributed by atoms with van der Waals surface area (Å²) >= 11 is 2.08. The number of nitrogens with one attached hydrogen (secondary N) is 1. The summed E-state index contributed by atoms with van der Waals surface area (Å²) in [4.78, 5) is 1.99. The van der Waals surface area contributed by atoms with Crippen LogP contribution in [0.4, 0.5) is 11.4 Å². The molecule has 1 unspecified atom stereocenters. The molecule has 4 N–H and O–H groups in total. The summed E-state index contributed by atoms with van der Waals surface area (Å²) < 4.78 is 2.72. The largest absolute Gasteiger partial charge is 0.411 e. The maximum atomic E-state index is 10.6. The molecule has 0 radical (unpaired) electrons. The summed E-state index contributed by atoms with van der Waals surface area (Å²) in [6, 6.07) is 4.34. The first-order valence-corrected chi connectivity index (χ1v) is 11.4. The summed E-state index contributed by atoms with van der Waals surface area (Å²) in [5.41, 5.74) is 3.12. The van der Waals surface area contributed by atoms with E-state index in [2.05, 4.69) is 39.3 Å². The molecule has 1 aliphatic rings. The highest BCUT2D eigenvalue weighted by Crippen LogP contribution is 2.34. The average molecular weight is 539 g/mol. The van der Waals surface area contributed by atoms with E-state index >= 15 is 0 Å². The van der Waals surface area contributed by atoms with Crippen molar-refractivity contribution in [3.05, 3.63) is 40.1 Å². The van der Waals surface area contributed by atoms with Crippen LogP contribution >= 0.6 is 22.6 Å². The number of allylic oxidation sites excluding steroid dienone is 3.